The van der Waals surface area contributed by atoms with E-state index in [4.69, 9.17) is 5.73 Å². The number of nitrogen functional groups attached to an aromatic ring is 1. The van der Waals surface area contributed by atoms with E-state index in [0.29, 0.717) is 0 Å². The summed E-state index contributed by atoms with van der Waals surface area (Å²) in [4.78, 5) is 19.7. The summed E-state index contributed by atoms with van der Waals surface area (Å²) in [7, 11) is 3.73. The Labute approximate surface area is 112 Å². The number of anilines is 1. The van der Waals surface area contributed by atoms with Gasteiger partial charge < -0.3 is 15.5 Å². The van der Waals surface area contributed by atoms with Gasteiger partial charge in [-0.05, 0) is 32.5 Å². The number of likely N-dealkylation sites (tertiary alicyclic amines) is 1. The number of rotatable bonds is 2. The van der Waals surface area contributed by atoms with Crippen molar-refractivity contribution in [2.24, 2.45) is 0 Å². The lowest BCUT2D eigenvalue weighted by Gasteiger charge is -2.35. The second-order valence-corrected chi connectivity index (χ2v) is 5.03. The van der Waals surface area contributed by atoms with Gasteiger partial charge in [-0.25, -0.2) is 9.37 Å². The van der Waals surface area contributed by atoms with Crippen LogP contribution in [-0.2, 0) is 0 Å². The highest BCUT2D eigenvalue weighted by Gasteiger charge is 2.27. The largest absolute Gasteiger partial charge is 0.381 e. The number of carbonyl (C=O) groups is 1. The first kappa shape index (κ1) is 13.7. The zero-order valence-electron chi connectivity index (χ0n) is 11.3. The highest BCUT2D eigenvalue weighted by atomic mass is 19.1. The minimum Gasteiger partial charge on any atom is -0.381 e. The molecule has 0 aromatic carbocycles. The van der Waals surface area contributed by atoms with Crippen LogP contribution in [0.25, 0.3) is 0 Å². The summed E-state index contributed by atoms with van der Waals surface area (Å²) in [6, 6.07) is 1.48. The topological polar surface area (TPSA) is 62.5 Å². The maximum Gasteiger partial charge on any atom is 0.257 e. The number of amides is 1. The molecule has 104 valence electrons. The Morgan fingerprint density at radius 1 is 1.63 bits per heavy atom. The molecule has 1 aromatic rings. The molecule has 0 aliphatic carbocycles. The highest BCUT2D eigenvalue weighted by molar-refractivity contribution is 5.95. The smallest absolute Gasteiger partial charge is 0.257 e. The molecule has 1 amide bonds. The number of piperidine rings is 1. The molecule has 1 atom stereocenters. The molecule has 6 heteroatoms. The summed E-state index contributed by atoms with van der Waals surface area (Å²) >= 11 is 0. The van der Waals surface area contributed by atoms with Gasteiger partial charge in [0.2, 0.25) is 0 Å². The van der Waals surface area contributed by atoms with E-state index in [2.05, 4.69) is 9.88 Å². The lowest BCUT2D eigenvalue weighted by Crippen LogP contribution is -2.47. The summed E-state index contributed by atoms with van der Waals surface area (Å²) < 4.78 is 13.8. The molecule has 2 N–H and O–H groups in total. The van der Waals surface area contributed by atoms with Gasteiger partial charge in [0, 0.05) is 25.8 Å². The first-order valence-corrected chi connectivity index (χ1v) is 6.36. The summed E-state index contributed by atoms with van der Waals surface area (Å²) in [6.07, 6.45) is 3.33. The molecular formula is C13H19FN4O. The molecule has 1 aliphatic rings. The minimum atomic E-state index is -0.733. The molecule has 1 aliphatic heterocycles. The molecule has 2 heterocycles. The second kappa shape index (κ2) is 5.52. The molecule has 1 unspecified atom stereocenters. The van der Waals surface area contributed by atoms with Crippen molar-refractivity contribution in [3.63, 3.8) is 0 Å². The molecule has 5 nitrogen and oxygen atoms in total. The van der Waals surface area contributed by atoms with Gasteiger partial charge in [0.25, 0.3) is 5.91 Å². The van der Waals surface area contributed by atoms with Crippen LogP contribution in [-0.4, -0.2) is 53.9 Å². The number of carbonyl (C=O) groups excluding carboxylic acids is 1. The third kappa shape index (κ3) is 2.84. The maximum absolute atomic E-state index is 13.8. The number of aromatic nitrogens is 1. The van der Waals surface area contributed by atoms with E-state index < -0.39 is 5.82 Å². The fourth-order valence-corrected chi connectivity index (χ4v) is 2.44. The van der Waals surface area contributed by atoms with Crippen LogP contribution in [0.1, 0.15) is 23.2 Å². The van der Waals surface area contributed by atoms with Crippen LogP contribution < -0.4 is 5.73 Å². The molecule has 1 fully saturated rings. The Kier molecular flexibility index (Phi) is 3.99. The quantitative estimate of drug-likeness (QED) is 0.866. The van der Waals surface area contributed by atoms with Gasteiger partial charge in [0.1, 0.15) is 0 Å². The van der Waals surface area contributed by atoms with Crippen LogP contribution in [0.4, 0.5) is 10.2 Å². The van der Waals surface area contributed by atoms with E-state index in [0.717, 1.165) is 25.9 Å². The van der Waals surface area contributed by atoms with Gasteiger partial charge in [-0.15, -0.1) is 0 Å². The fraction of sp³-hybridized carbons (Fsp3) is 0.538. The first-order chi connectivity index (χ1) is 9.00. The van der Waals surface area contributed by atoms with Crippen LogP contribution >= 0.6 is 0 Å². The monoisotopic (exact) mass is 266 g/mol. The number of nitrogens with zero attached hydrogens (tertiary/aromatic N) is 3. The Morgan fingerprint density at radius 3 is 3.05 bits per heavy atom. The Hall–Kier alpha value is -1.69. The SMILES string of the molecule is CN1CCCC(N(C)C(=O)c2ccnc(N)c2F)C1. The standard InChI is InChI=1S/C13H19FN4O/c1-17-7-3-4-9(8-17)18(2)13(19)10-5-6-16-12(15)11(10)14/h5-6,9H,3-4,7-8H2,1-2H3,(H2,15,16). The number of halogens is 1. The average Bonchev–Trinajstić information content (AvgIpc) is 2.40. The number of nitrogens with two attached hydrogens (primary N) is 1. The molecule has 1 aromatic heterocycles. The molecule has 19 heavy (non-hydrogen) atoms. The third-order valence-electron chi connectivity index (χ3n) is 3.61. The van der Waals surface area contributed by atoms with Crippen molar-refractivity contribution in [3.8, 4) is 0 Å². The molecule has 1 saturated heterocycles. The molecule has 0 spiro atoms. The van der Waals surface area contributed by atoms with Gasteiger partial charge in [-0.2, -0.15) is 0 Å². The molecule has 2 rings (SSSR count). The molecular weight excluding hydrogens is 247 g/mol. The van der Waals surface area contributed by atoms with Crippen molar-refractivity contribution in [1.82, 2.24) is 14.8 Å². The van der Waals surface area contributed by atoms with Gasteiger partial charge in [0.15, 0.2) is 11.6 Å². The lowest BCUT2D eigenvalue weighted by molar-refractivity contribution is 0.0639. The molecule has 0 bridgehead atoms. The second-order valence-electron chi connectivity index (χ2n) is 5.03. The fourth-order valence-electron chi connectivity index (χ4n) is 2.44. The first-order valence-electron chi connectivity index (χ1n) is 6.36. The third-order valence-corrected chi connectivity index (χ3v) is 3.61. The number of hydrogen-bond donors (Lipinski definition) is 1. The van der Waals surface area contributed by atoms with Crippen molar-refractivity contribution in [2.45, 2.75) is 18.9 Å². The number of likely N-dealkylation sites (N-methyl/N-ethyl adjacent to an activating group) is 2. The van der Waals surface area contributed by atoms with Crippen molar-refractivity contribution < 1.29 is 9.18 Å². The predicted molar refractivity (Wildman–Crippen MR) is 71.2 cm³/mol. The van der Waals surface area contributed by atoms with E-state index in [9.17, 15) is 9.18 Å². The van der Waals surface area contributed by atoms with Crippen LogP contribution in [0.3, 0.4) is 0 Å². The zero-order chi connectivity index (χ0) is 14.0. The summed E-state index contributed by atoms with van der Waals surface area (Å²) in [6.45, 7) is 1.85. The van der Waals surface area contributed by atoms with Crippen LogP contribution in [0.5, 0.6) is 0 Å². The normalized spacial score (nSPS) is 20.3. The van der Waals surface area contributed by atoms with Gasteiger partial charge in [0.05, 0.1) is 5.56 Å². The van der Waals surface area contributed by atoms with Crippen molar-refractivity contribution >= 4 is 11.7 Å². The highest BCUT2D eigenvalue weighted by Crippen LogP contribution is 2.18. The maximum atomic E-state index is 13.8. The van der Waals surface area contributed by atoms with Crippen LogP contribution in [0, 0.1) is 5.82 Å². The van der Waals surface area contributed by atoms with Gasteiger partial charge >= 0.3 is 0 Å². The molecule has 0 saturated carbocycles. The lowest BCUT2D eigenvalue weighted by atomic mass is 10.0. The zero-order valence-corrected chi connectivity index (χ0v) is 11.3. The Balaban J connectivity index is 2.16. The van der Waals surface area contributed by atoms with E-state index in [1.165, 1.54) is 12.3 Å². The van der Waals surface area contributed by atoms with Crippen molar-refractivity contribution in [3.05, 3.63) is 23.6 Å². The Bertz CT molecular complexity index is 480. The Morgan fingerprint density at radius 2 is 2.37 bits per heavy atom. The van der Waals surface area contributed by atoms with Crippen LogP contribution in [0.15, 0.2) is 12.3 Å². The summed E-state index contributed by atoms with van der Waals surface area (Å²) in [5.74, 6) is -1.31. The number of pyridine rings is 1. The minimum absolute atomic E-state index is 0.0109. The van der Waals surface area contributed by atoms with E-state index in [-0.39, 0.29) is 23.3 Å². The van der Waals surface area contributed by atoms with Gasteiger partial charge in [-0.3, -0.25) is 4.79 Å². The van der Waals surface area contributed by atoms with E-state index in [1.807, 2.05) is 7.05 Å². The van der Waals surface area contributed by atoms with Crippen molar-refractivity contribution in [1.29, 1.82) is 0 Å². The van der Waals surface area contributed by atoms with E-state index in [1.54, 1.807) is 11.9 Å². The predicted octanol–water partition coefficient (Wildman–Crippen LogP) is 0.969. The summed E-state index contributed by atoms with van der Waals surface area (Å²) in [5.41, 5.74) is 5.38. The van der Waals surface area contributed by atoms with Crippen molar-refractivity contribution in [2.75, 3.05) is 32.9 Å². The van der Waals surface area contributed by atoms with E-state index >= 15 is 0 Å². The van der Waals surface area contributed by atoms with Gasteiger partial charge in [-0.1, -0.05) is 0 Å². The average molecular weight is 266 g/mol. The molecule has 0 radical (unpaired) electrons. The summed E-state index contributed by atoms with van der Waals surface area (Å²) in [5, 5.41) is 0. The van der Waals surface area contributed by atoms with Crippen LogP contribution in [0.2, 0.25) is 0 Å². The number of hydrogen-bond acceptors (Lipinski definition) is 4.